The summed E-state index contributed by atoms with van der Waals surface area (Å²) in [4.78, 5) is 0. The first-order chi connectivity index (χ1) is 4.93. The number of aliphatic hydroxyl groups is 1. The lowest BCUT2D eigenvalue weighted by Crippen LogP contribution is -2.06. The zero-order valence-corrected chi connectivity index (χ0v) is 5.49. The zero-order valence-electron chi connectivity index (χ0n) is 5.49. The Morgan fingerprint density at radius 3 is 3.10 bits per heavy atom. The Morgan fingerprint density at radius 2 is 2.50 bits per heavy atom. The van der Waals surface area contributed by atoms with Crippen LogP contribution >= 0.6 is 0 Å². The zero-order chi connectivity index (χ0) is 7.23. The number of nitrogens with zero attached hydrogens (tertiary/aromatic N) is 2. The number of nitrogens with one attached hydrogen (secondary N) is 1. The maximum atomic E-state index is 8.42. The minimum absolute atomic E-state index is 0.108. The highest BCUT2D eigenvalue weighted by molar-refractivity contribution is 5.30. The molecular formula is C6H9N3O. The van der Waals surface area contributed by atoms with Gasteiger partial charge in [0.15, 0.2) is 0 Å². The molecule has 0 saturated heterocycles. The summed E-state index contributed by atoms with van der Waals surface area (Å²) in [6, 6.07) is 3.58. The summed E-state index contributed by atoms with van der Waals surface area (Å²) in [5, 5.41) is 18.7. The summed E-state index contributed by atoms with van der Waals surface area (Å²) in [6.45, 7) is 0.620. The Bertz CT molecular complexity index is 178. The highest BCUT2D eigenvalue weighted by atomic mass is 16.3. The molecule has 1 aromatic heterocycles. The quantitative estimate of drug-likeness (QED) is 0.613. The molecule has 0 aliphatic heterocycles. The van der Waals surface area contributed by atoms with Crippen LogP contribution < -0.4 is 5.32 Å². The number of aliphatic hydroxyl groups excluding tert-OH is 1. The molecule has 0 saturated carbocycles. The fourth-order valence-electron chi connectivity index (χ4n) is 0.580. The fraction of sp³-hybridized carbons (Fsp3) is 0.333. The lowest BCUT2D eigenvalue weighted by molar-refractivity contribution is 0.311. The predicted octanol–water partition coefficient (Wildman–Crippen LogP) is -0.119. The Balaban J connectivity index is 2.43. The molecule has 0 aromatic carbocycles. The van der Waals surface area contributed by atoms with Crippen molar-refractivity contribution in [3.63, 3.8) is 0 Å². The molecule has 1 heterocycles. The number of rotatable bonds is 3. The largest absolute Gasteiger partial charge is 0.395 e. The van der Waals surface area contributed by atoms with Crippen molar-refractivity contribution >= 4 is 5.82 Å². The molecule has 1 rings (SSSR count). The predicted molar refractivity (Wildman–Crippen MR) is 37.6 cm³/mol. The van der Waals surface area contributed by atoms with Gasteiger partial charge in [-0.15, -0.1) is 5.10 Å². The molecule has 54 valence electrons. The maximum Gasteiger partial charge on any atom is 0.148 e. The summed E-state index contributed by atoms with van der Waals surface area (Å²) in [7, 11) is 0. The van der Waals surface area contributed by atoms with E-state index in [9.17, 15) is 0 Å². The van der Waals surface area contributed by atoms with Crippen LogP contribution in [0.25, 0.3) is 0 Å². The second kappa shape index (κ2) is 3.79. The summed E-state index contributed by atoms with van der Waals surface area (Å²) < 4.78 is 0. The van der Waals surface area contributed by atoms with Gasteiger partial charge < -0.3 is 10.4 Å². The molecule has 0 bridgehead atoms. The van der Waals surface area contributed by atoms with Crippen LogP contribution in [0, 0.1) is 0 Å². The van der Waals surface area contributed by atoms with Crippen molar-refractivity contribution in [2.24, 2.45) is 0 Å². The first-order valence-corrected chi connectivity index (χ1v) is 3.06. The Labute approximate surface area is 58.9 Å². The number of aromatic nitrogens is 2. The standard InChI is InChI=1S/C6H9N3O/c10-5-4-7-6-2-1-3-8-9-6/h1-3,10H,4-5H2,(H,7,9). The van der Waals surface area contributed by atoms with E-state index in [0.29, 0.717) is 12.4 Å². The van der Waals surface area contributed by atoms with Gasteiger partial charge in [0, 0.05) is 12.7 Å². The fourth-order valence-corrected chi connectivity index (χ4v) is 0.580. The highest BCUT2D eigenvalue weighted by Crippen LogP contribution is 1.95. The lowest BCUT2D eigenvalue weighted by atomic mass is 10.5. The van der Waals surface area contributed by atoms with Crippen LogP contribution in [-0.2, 0) is 0 Å². The van der Waals surface area contributed by atoms with E-state index in [1.54, 1.807) is 18.3 Å². The molecule has 10 heavy (non-hydrogen) atoms. The molecule has 0 fully saturated rings. The summed E-state index contributed by atoms with van der Waals surface area (Å²) in [5.41, 5.74) is 0. The maximum absolute atomic E-state index is 8.42. The first-order valence-electron chi connectivity index (χ1n) is 3.06. The van der Waals surface area contributed by atoms with E-state index >= 15 is 0 Å². The normalized spacial score (nSPS) is 9.30. The molecule has 0 atom stereocenters. The van der Waals surface area contributed by atoms with Gasteiger partial charge >= 0.3 is 0 Å². The van der Waals surface area contributed by atoms with Crippen LogP contribution in [0.1, 0.15) is 0 Å². The average Bonchev–Trinajstić information content (AvgIpc) is 2.03. The summed E-state index contributed by atoms with van der Waals surface area (Å²) in [6.07, 6.45) is 1.60. The van der Waals surface area contributed by atoms with E-state index in [-0.39, 0.29) is 6.61 Å². The molecule has 0 spiro atoms. The SMILES string of the molecule is OCCNc1cccnn1. The van der Waals surface area contributed by atoms with Gasteiger partial charge in [-0.25, -0.2) is 0 Å². The van der Waals surface area contributed by atoms with Crippen LogP contribution in [0.3, 0.4) is 0 Å². The van der Waals surface area contributed by atoms with E-state index in [4.69, 9.17) is 5.11 Å². The van der Waals surface area contributed by atoms with Gasteiger partial charge in [0.1, 0.15) is 5.82 Å². The van der Waals surface area contributed by atoms with Gasteiger partial charge in [0.05, 0.1) is 6.61 Å². The van der Waals surface area contributed by atoms with E-state index < -0.39 is 0 Å². The van der Waals surface area contributed by atoms with E-state index in [1.165, 1.54) is 0 Å². The van der Waals surface area contributed by atoms with Crippen molar-refractivity contribution in [1.82, 2.24) is 10.2 Å². The van der Waals surface area contributed by atoms with Crippen LogP contribution in [0.2, 0.25) is 0 Å². The number of hydrogen-bond donors (Lipinski definition) is 2. The summed E-state index contributed by atoms with van der Waals surface area (Å²) in [5.74, 6) is 0.691. The van der Waals surface area contributed by atoms with Crippen molar-refractivity contribution < 1.29 is 5.11 Å². The molecule has 0 amide bonds. The Morgan fingerprint density at radius 1 is 1.60 bits per heavy atom. The van der Waals surface area contributed by atoms with Crippen LogP contribution in [0.4, 0.5) is 5.82 Å². The number of hydrogen-bond acceptors (Lipinski definition) is 4. The van der Waals surface area contributed by atoms with Crippen molar-refractivity contribution in [3.8, 4) is 0 Å². The third-order valence-corrected chi connectivity index (χ3v) is 0.990. The monoisotopic (exact) mass is 139 g/mol. The molecule has 0 unspecified atom stereocenters. The second-order valence-electron chi connectivity index (χ2n) is 1.76. The molecule has 4 heteroatoms. The molecular weight excluding hydrogens is 130 g/mol. The van der Waals surface area contributed by atoms with Crippen LogP contribution in [0.5, 0.6) is 0 Å². The molecule has 2 N–H and O–H groups in total. The smallest absolute Gasteiger partial charge is 0.148 e. The minimum Gasteiger partial charge on any atom is -0.395 e. The van der Waals surface area contributed by atoms with Gasteiger partial charge in [-0.1, -0.05) is 0 Å². The van der Waals surface area contributed by atoms with Gasteiger partial charge in [-0.3, -0.25) is 0 Å². The van der Waals surface area contributed by atoms with Crippen molar-refractivity contribution in [2.75, 3.05) is 18.5 Å². The molecule has 1 aromatic rings. The van der Waals surface area contributed by atoms with Crippen molar-refractivity contribution in [2.45, 2.75) is 0 Å². The highest BCUT2D eigenvalue weighted by Gasteiger charge is 1.87. The Kier molecular flexibility index (Phi) is 2.63. The average molecular weight is 139 g/mol. The van der Waals surface area contributed by atoms with Gasteiger partial charge in [0.25, 0.3) is 0 Å². The van der Waals surface area contributed by atoms with E-state index in [1.807, 2.05) is 0 Å². The van der Waals surface area contributed by atoms with Gasteiger partial charge in [-0.2, -0.15) is 5.10 Å². The molecule has 0 aliphatic carbocycles. The first kappa shape index (κ1) is 6.95. The Hall–Kier alpha value is -1.16. The molecule has 0 aliphatic rings. The third kappa shape index (κ3) is 1.99. The molecule has 0 radical (unpaired) electrons. The summed E-state index contributed by atoms with van der Waals surface area (Å²) >= 11 is 0. The van der Waals surface area contributed by atoms with Crippen LogP contribution in [-0.4, -0.2) is 28.5 Å². The topological polar surface area (TPSA) is 58.0 Å². The van der Waals surface area contributed by atoms with E-state index in [0.717, 1.165) is 0 Å². The van der Waals surface area contributed by atoms with Gasteiger partial charge in [-0.05, 0) is 12.1 Å². The van der Waals surface area contributed by atoms with Gasteiger partial charge in [0.2, 0.25) is 0 Å². The molecule has 4 nitrogen and oxygen atoms in total. The van der Waals surface area contributed by atoms with Crippen LogP contribution in [0.15, 0.2) is 18.3 Å². The number of anilines is 1. The minimum atomic E-state index is 0.108. The van der Waals surface area contributed by atoms with Crippen molar-refractivity contribution in [3.05, 3.63) is 18.3 Å². The van der Waals surface area contributed by atoms with Crippen molar-refractivity contribution in [1.29, 1.82) is 0 Å². The third-order valence-electron chi connectivity index (χ3n) is 0.990. The lowest BCUT2D eigenvalue weighted by Gasteiger charge is -1.99. The van der Waals surface area contributed by atoms with E-state index in [2.05, 4.69) is 15.5 Å². The second-order valence-corrected chi connectivity index (χ2v) is 1.76.